The molecule has 0 aliphatic carbocycles. The van der Waals surface area contributed by atoms with Gasteiger partial charge in [-0.05, 0) is 23.8 Å². The predicted molar refractivity (Wildman–Crippen MR) is 101 cm³/mol. The van der Waals surface area contributed by atoms with Gasteiger partial charge in [0.25, 0.3) is 5.91 Å². The van der Waals surface area contributed by atoms with Crippen molar-refractivity contribution in [3.8, 4) is 0 Å². The second-order valence-electron chi connectivity index (χ2n) is 5.84. The Morgan fingerprint density at radius 3 is 2.44 bits per heavy atom. The normalized spacial score (nSPS) is 11.0. The van der Waals surface area contributed by atoms with Gasteiger partial charge in [-0.3, -0.25) is 4.79 Å². The topological polar surface area (TPSA) is 92.8 Å². The smallest absolute Gasteiger partial charge is 0.338 e. The van der Waals surface area contributed by atoms with Crippen LogP contribution in [0.4, 0.5) is 0 Å². The van der Waals surface area contributed by atoms with Crippen molar-refractivity contribution in [3.63, 3.8) is 0 Å². The molecule has 2 aromatic carbocycles. The summed E-state index contributed by atoms with van der Waals surface area (Å²) in [5, 5.41) is 0. The van der Waals surface area contributed by atoms with Gasteiger partial charge in [0, 0.05) is 20.1 Å². The van der Waals surface area contributed by atoms with E-state index in [1.165, 1.54) is 29.2 Å². The molecule has 0 atom stereocenters. The molecule has 0 aromatic heterocycles. The first-order valence-corrected chi connectivity index (χ1v) is 9.86. The van der Waals surface area contributed by atoms with Crippen LogP contribution in [-0.4, -0.2) is 45.4 Å². The van der Waals surface area contributed by atoms with Crippen LogP contribution >= 0.6 is 0 Å². The minimum absolute atomic E-state index is 0.0358. The maximum absolute atomic E-state index is 12.2. The van der Waals surface area contributed by atoms with E-state index in [0.717, 1.165) is 5.56 Å². The average Bonchev–Trinajstić information content (AvgIpc) is 2.66. The second-order valence-corrected chi connectivity index (χ2v) is 7.61. The summed E-state index contributed by atoms with van der Waals surface area (Å²) in [5.74, 6) is -1.12. The number of nitrogens with one attached hydrogen (secondary N) is 1. The first kappa shape index (κ1) is 20.6. The molecule has 0 heterocycles. The minimum atomic E-state index is -3.68. The molecule has 0 saturated carbocycles. The zero-order valence-corrected chi connectivity index (χ0v) is 16.0. The van der Waals surface area contributed by atoms with E-state index in [0.29, 0.717) is 6.54 Å². The number of amides is 1. The average molecular weight is 390 g/mol. The van der Waals surface area contributed by atoms with Crippen LogP contribution in [-0.2, 0) is 26.1 Å². The van der Waals surface area contributed by atoms with Crippen LogP contribution in [0.3, 0.4) is 0 Å². The number of likely N-dealkylation sites (N-methyl/N-ethyl adjacent to an activating group) is 1. The molecule has 27 heavy (non-hydrogen) atoms. The van der Waals surface area contributed by atoms with Crippen molar-refractivity contribution >= 4 is 21.9 Å². The van der Waals surface area contributed by atoms with Crippen molar-refractivity contribution in [1.29, 1.82) is 0 Å². The van der Waals surface area contributed by atoms with Gasteiger partial charge in [0.05, 0.1) is 10.5 Å². The third-order valence-electron chi connectivity index (χ3n) is 3.73. The van der Waals surface area contributed by atoms with Crippen LogP contribution < -0.4 is 4.72 Å². The Labute approximate surface area is 159 Å². The van der Waals surface area contributed by atoms with E-state index in [-0.39, 0.29) is 22.9 Å². The standard InChI is InChI=1S/C19H22N2O5S/c1-3-20-27(24,25)17-11-7-10-16(12-17)19(23)26-14-18(22)21(2)13-15-8-5-4-6-9-15/h4-12,20H,3,13-14H2,1-2H3. The number of hydrogen-bond donors (Lipinski definition) is 1. The summed E-state index contributed by atoms with van der Waals surface area (Å²) in [4.78, 5) is 25.7. The molecule has 8 heteroatoms. The molecule has 0 unspecified atom stereocenters. The fraction of sp³-hybridized carbons (Fsp3) is 0.263. The first-order valence-electron chi connectivity index (χ1n) is 8.38. The van der Waals surface area contributed by atoms with E-state index >= 15 is 0 Å². The summed E-state index contributed by atoms with van der Waals surface area (Å²) >= 11 is 0. The Balaban J connectivity index is 1.96. The zero-order chi connectivity index (χ0) is 19.9. The number of carbonyl (C=O) groups excluding carboxylic acids is 2. The highest BCUT2D eigenvalue weighted by atomic mass is 32.2. The summed E-state index contributed by atoms with van der Waals surface area (Å²) in [6, 6.07) is 14.9. The lowest BCUT2D eigenvalue weighted by molar-refractivity contribution is -0.133. The van der Waals surface area contributed by atoms with Gasteiger partial charge in [-0.2, -0.15) is 0 Å². The summed E-state index contributed by atoms with van der Waals surface area (Å²) in [7, 11) is -2.06. The van der Waals surface area contributed by atoms with Gasteiger partial charge in [0.2, 0.25) is 10.0 Å². The van der Waals surface area contributed by atoms with Gasteiger partial charge in [-0.1, -0.05) is 43.3 Å². The van der Waals surface area contributed by atoms with Gasteiger partial charge in [-0.15, -0.1) is 0 Å². The zero-order valence-electron chi connectivity index (χ0n) is 15.2. The van der Waals surface area contributed by atoms with E-state index < -0.39 is 22.6 Å². The molecule has 2 aromatic rings. The Morgan fingerprint density at radius 1 is 1.07 bits per heavy atom. The number of esters is 1. The number of carbonyl (C=O) groups is 2. The molecular weight excluding hydrogens is 368 g/mol. The Hall–Kier alpha value is -2.71. The second kappa shape index (κ2) is 9.29. The largest absolute Gasteiger partial charge is 0.452 e. The maximum atomic E-state index is 12.2. The van der Waals surface area contributed by atoms with Gasteiger partial charge < -0.3 is 9.64 Å². The fourth-order valence-corrected chi connectivity index (χ4v) is 3.42. The molecule has 0 saturated heterocycles. The van der Waals surface area contributed by atoms with Gasteiger partial charge in [0.15, 0.2) is 6.61 Å². The van der Waals surface area contributed by atoms with Crippen LogP contribution in [0.5, 0.6) is 0 Å². The highest BCUT2D eigenvalue weighted by Gasteiger charge is 2.17. The number of hydrogen-bond acceptors (Lipinski definition) is 5. The molecule has 0 radical (unpaired) electrons. The molecule has 144 valence electrons. The van der Waals surface area contributed by atoms with Gasteiger partial charge >= 0.3 is 5.97 Å². The van der Waals surface area contributed by atoms with Crippen LogP contribution in [0.25, 0.3) is 0 Å². The van der Waals surface area contributed by atoms with E-state index in [2.05, 4.69) is 4.72 Å². The highest BCUT2D eigenvalue weighted by Crippen LogP contribution is 2.12. The molecule has 0 aliphatic heterocycles. The molecule has 0 spiro atoms. The maximum Gasteiger partial charge on any atom is 0.338 e. The number of nitrogens with zero attached hydrogens (tertiary/aromatic N) is 1. The molecule has 7 nitrogen and oxygen atoms in total. The van der Waals surface area contributed by atoms with Crippen molar-refractivity contribution in [1.82, 2.24) is 9.62 Å². The van der Waals surface area contributed by atoms with E-state index in [1.807, 2.05) is 30.3 Å². The Morgan fingerprint density at radius 2 is 1.78 bits per heavy atom. The summed E-state index contributed by atoms with van der Waals surface area (Å²) in [6.45, 7) is 1.87. The molecule has 0 fully saturated rings. The lowest BCUT2D eigenvalue weighted by Crippen LogP contribution is -2.30. The van der Waals surface area contributed by atoms with E-state index in [9.17, 15) is 18.0 Å². The SMILES string of the molecule is CCNS(=O)(=O)c1cccc(C(=O)OCC(=O)N(C)Cc2ccccc2)c1. The Kier molecular flexibility index (Phi) is 7.09. The number of sulfonamides is 1. The van der Waals surface area contributed by atoms with Crippen molar-refractivity contribution in [2.24, 2.45) is 0 Å². The lowest BCUT2D eigenvalue weighted by Gasteiger charge is -2.17. The van der Waals surface area contributed by atoms with Crippen molar-refractivity contribution < 1.29 is 22.7 Å². The number of benzene rings is 2. The number of rotatable bonds is 8. The summed E-state index contributed by atoms with van der Waals surface area (Å²) in [6.07, 6.45) is 0. The monoisotopic (exact) mass is 390 g/mol. The molecule has 1 N–H and O–H groups in total. The predicted octanol–water partition coefficient (Wildman–Crippen LogP) is 1.80. The van der Waals surface area contributed by atoms with E-state index in [1.54, 1.807) is 14.0 Å². The third kappa shape index (κ3) is 5.90. The van der Waals surface area contributed by atoms with Crippen molar-refractivity contribution in [2.45, 2.75) is 18.4 Å². The van der Waals surface area contributed by atoms with Crippen LogP contribution in [0.15, 0.2) is 59.5 Å². The molecule has 1 amide bonds. The molecule has 0 bridgehead atoms. The summed E-state index contributed by atoms with van der Waals surface area (Å²) in [5.41, 5.74) is 1.02. The Bertz CT molecular complexity index is 897. The first-order chi connectivity index (χ1) is 12.8. The fourth-order valence-electron chi connectivity index (χ4n) is 2.33. The van der Waals surface area contributed by atoms with Crippen LogP contribution in [0.1, 0.15) is 22.8 Å². The summed E-state index contributed by atoms with van der Waals surface area (Å²) < 4.78 is 31.4. The van der Waals surface area contributed by atoms with E-state index in [4.69, 9.17) is 4.74 Å². The van der Waals surface area contributed by atoms with Crippen molar-refractivity contribution in [2.75, 3.05) is 20.2 Å². The van der Waals surface area contributed by atoms with Gasteiger partial charge in [0.1, 0.15) is 0 Å². The lowest BCUT2D eigenvalue weighted by atomic mass is 10.2. The third-order valence-corrected chi connectivity index (χ3v) is 5.27. The van der Waals surface area contributed by atoms with Crippen molar-refractivity contribution in [3.05, 3.63) is 65.7 Å². The quantitative estimate of drug-likeness (QED) is 0.694. The molecule has 2 rings (SSSR count). The minimum Gasteiger partial charge on any atom is -0.452 e. The molecule has 0 aliphatic rings. The number of ether oxygens (including phenoxy) is 1. The van der Waals surface area contributed by atoms with Crippen LogP contribution in [0.2, 0.25) is 0 Å². The highest BCUT2D eigenvalue weighted by molar-refractivity contribution is 7.89. The van der Waals surface area contributed by atoms with Gasteiger partial charge in [-0.25, -0.2) is 17.9 Å². The van der Waals surface area contributed by atoms with Crippen LogP contribution in [0, 0.1) is 0 Å². The molecular formula is C19H22N2O5S.